The number of amides is 1. The Morgan fingerprint density at radius 1 is 1.26 bits per heavy atom. The molecule has 0 saturated heterocycles. The van der Waals surface area contributed by atoms with Gasteiger partial charge in [0.1, 0.15) is 12.4 Å². The van der Waals surface area contributed by atoms with Crippen molar-refractivity contribution in [1.82, 2.24) is 0 Å². The molecule has 0 spiro atoms. The Morgan fingerprint density at radius 2 is 2.00 bits per heavy atom. The van der Waals surface area contributed by atoms with Gasteiger partial charge in [-0.2, -0.15) is 0 Å². The van der Waals surface area contributed by atoms with Crippen LogP contribution in [0.4, 0.5) is 10.1 Å². The normalized spacial score (nSPS) is 9.58. The first-order chi connectivity index (χ1) is 9.19. The van der Waals surface area contributed by atoms with Gasteiger partial charge >= 0.3 is 0 Å². The number of anilines is 1. The smallest absolute Gasteiger partial charge is 0.265 e. The fourth-order valence-electron chi connectivity index (χ4n) is 1.38. The number of hydrogen-bond acceptors (Lipinski definition) is 3. The molecule has 0 bridgehead atoms. The Kier molecular flexibility index (Phi) is 4.29. The number of aliphatic hydroxyl groups is 1. The van der Waals surface area contributed by atoms with Crippen LogP contribution in [0.1, 0.15) is 14.5 Å². The minimum Gasteiger partial charge on any atom is -0.384 e. The molecule has 0 saturated carbocycles. The highest BCUT2D eigenvalue weighted by atomic mass is 32.1. The average molecular weight is 275 g/mol. The van der Waals surface area contributed by atoms with E-state index in [1.807, 2.05) is 0 Å². The third kappa shape index (κ3) is 3.65. The zero-order chi connectivity index (χ0) is 13.7. The molecule has 19 heavy (non-hydrogen) atoms. The first-order valence-electron chi connectivity index (χ1n) is 5.45. The number of carbonyl (C=O) groups is 1. The van der Waals surface area contributed by atoms with Gasteiger partial charge in [-0.15, -0.1) is 11.3 Å². The number of hydrogen-bond donors (Lipinski definition) is 2. The Hall–Kier alpha value is -2.16. The van der Waals surface area contributed by atoms with Gasteiger partial charge in [0.2, 0.25) is 0 Å². The SMILES string of the molecule is O=C(Nc1ccc(F)cc1)c1ccc(C#CCO)s1. The van der Waals surface area contributed by atoms with Crippen molar-refractivity contribution in [2.24, 2.45) is 0 Å². The molecule has 96 valence electrons. The van der Waals surface area contributed by atoms with Crippen LogP contribution in [0.3, 0.4) is 0 Å². The van der Waals surface area contributed by atoms with Gasteiger partial charge in [0.15, 0.2) is 0 Å². The van der Waals surface area contributed by atoms with Crippen molar-refractivity contribution in [1.29, 1.82) is 0 Å². The van der Waals surface area contributed by atoms with E-state index in [1.165, 1.54) is 35.6 Å². The summed E-state index contributed by atoms with van der Waals surface area (Å²) in [5, 5.41) is 11.2. The third-order valence-electron chi connectivity index (χ3n) is 2.22. The van der Waals surface area contributed by atoms with E-state index in [9.17, 15) is 9.18 Å². The van der Waals surface area contributed by atoms with Crippen LogP contribution in [0.15, 0.2) is 36.4 Å². The van der Waals surface area contributed by atoms with Crippen LogP contribution in [0.25, 0.3) is 0 Å². The van der Waals surface area contributed by atoms with E-state index in [0.717, 1.165) is 0 Å². The quantitative estimate of drug-likeness (QED) is 0.827. The molecule has 1 aromatic carbocycles. The van der Waals surface area contributed by atoms with Crippen LogP contribution in [0.2, 0.25) is 0 Å². The molecule has 5 heteroatoms. The fraction of sp³-hybridized carbons (Fsp3) is 0.0714. The summed E-state index contributed by atoms with van der Waals surface area (Å²) < 4.78 is 12.7. The summed E-state index contributed by atoms with van der Waals surface area (Å²) >= 11 is 1.23. The molecule has 2 N–H and O–H groups in total. The molecular weight excluding hydrogens is 265 g/mol. The van der Waals surface area contributed by atoms with E-state index in [2.05, 4.69) is 17.2 Å². The van der Waals surface area contributed by atoms with Gasteiger partial charge in [-0.25, -0.2) is 4.39 Å². The molecule has 0 fully saturated rings. The molecule has 0 atom stereocenters. The maximum atomic E-state index is 12.7. The fourth-order valence-corrected chi connectivity index (χ4v) is 2.16. The number of halogens is 1. The number of carbonyl (C=O) groups excluding carboxylic acids is 1. The maximum Gasteiger partial charge on any atom is 0.265 e. The van der Waals surface area contributed by atoms with Crippen molar-refractivity contribution >= 4 is 22.9 Å². The molecule has 0 aliphatic carbocycles. The number of benzene rings is 1. The van der Waals surface area contributed by atoms with Gasteiger partial charge in [0.25, 0.3) is 5.91 Å². The van der Waals surface area contributed by atoms with Crippen molar-refractivity contribution in [2.75, 3.05) is 11.9 Å². The summed E-state index contributed by atoms with van der Waals surface area (Å²) in [5.74, 6) is 4.62. The summed E-state index contributed by atoms with van der Waals surface area (Å²) in [6, 6.07) is 8.92. The van der Waals surface area contributed by atoms with E-state index in [-0.39, 0.29) is 18.3 Å². The standard InChI is InChI=1S/C14H10FNO2S/c15-10-3-5-11(6-4-10)16-14(18)13-8-7-12(19-13)2-1-9-17/h3-8,17H,9H2,(H,16,18). The second kappa shape index (κ2) is 6.14. The van der Waals surface area contributed by atoms with Gasteiger partial charge in [0, 0.05) is 5.69 Å². The van der Waals surface area contributed by atoms with Crippen LogP contribution in [0, 0.1) is 17.7 Å². The third-order valence-corrected chi connectivity index (χ3v) is 3.22. The van der Waals surface area contributed by atoms with E-state index >= 15 is 0 Å². The lowest BCUT2D eigenvalue weighted by Crippen LogP contribution is -2.09. The van der Waals surface area contributed by atoms with Gasteiger partial charge in [-0.05, 0) is 36.4 Å². The van der Waals surface area contributed by atoms with Crippen molar-refractivity contribution in [3.05, 3.63) is 52.0 Å². The second-order valence-corrected chi connectivity index (χ2v) is 4.67. The molecule has 2 rings (SSSR count). The first kappa shape index (κ1) is 13.3. The molecule has 0 aliphatic heterocycles. The van der Waals surface area contributed by atoms with Gasteiger partial charge in [-0.1, -0.05) is 11.8 Å². The second-order valence-electron chi connectivity index (χ2n) is 3.58. The molecule has 3 nitrogen and oxygen atoms in total. The minimum atomic E-state index is -0.351. The van der Waals surface area contributed by atoms with Gasteiger partial charge < -0.3 is 10.4 Å². The van der Waals surface area contributed by atoms with Crippen molar-refractivity contribution < 1.29 is 14.3 Å². The summed E-state index contributed by atoms with van der Waals surface area (Å²) in [5.41, 5.74) is 0.530. The zero-order valence-corrected chi connectivity index (χ0v) is 10.6. The molecule has 1 amide bonds. The lowest BCUT2D eigenvalue weighted by atomic mass is 10.3. The highest BCUT2D eigenvalue weighted by molar-refractivity contribution is 7.14. The number of rotatable bonds is 2. The molecule has 1 aromatic heterocycles. The highest BCUT2D eigenvalue weighted by Crippen LogP contribution is 2.17. The Balaban J connectivity index is 2.07. The Bertz CT molecular complexity index is 637. The number of aliphatic hydroxyl groups excluding tert-OH is 1. The Morgan fingerprint density at radius 3 is 2.68 bits per heavy atom. The van der Waals surface area contributed by atoms with Gasteiger partial charge in [-0.3, -0.25) is 4.79 Å². The summed E-state index contributed by atoms with van der Waals surface area (Å²) in [6.45, 7) is -0.213. The highest BCUT2D eigenvalue weighted by Gasteiger charge is 2.08. The molecule has 0 unspecified atom stereocenters. The van der Waals surface area contributed by atoms with E-state index < -0.39 is 0 Å². The molecule has 0 radical (unpaired) electrons. The summed E-state index contributed by atoms with van der Waals surface area (Å²) in [7, 11) is 0. The topological polar surface area (TPSA) is 49.3 Å². The first-order valence-corrected chi connectivity index (χ1v) is 6.27. The predicted octanol–water partition coefficient (Wildman–Crippen LogP) is 2.48. The van der Waals surface area contributed by atoms with Crippen LogP contribution in [-0.2, 0) is 0 Å². The molecule has 2 aromatic rings. The number of nitrogens with one attached hydrogen (secondary N) is 1. The van der Waals surface area contributed by atoms with Crippen molar-refractivity contribution in [3.63, 3.8) is 0 Å². The summed E-state index contributed by atoms with van der Waals surface area (Å²) in [4.78, 5) is 13.1. The Labute approximate surface area is 113 Å². The van der Waals surface area contributed by atoms with Crippen LogP contribution >= 0.6 is 11.3 Å². The van der Waals surface area contributed by atoms with Crippen LogP contribution < -0.4 is 5.32 Å². The monoisotopic (exact) mass is 275 g/mol. The van der Waals surface area contributed by atoms with E-state index in [0.29, 0.717) is 15.4 Å². The van der Waals surface area contributed by atoms with E-state index in [4.69, 9.17) is 5.11 Å². The largest absolute Gasteiger partial charge is 0.384 e. The molecular formula is C14H10FNO2S. The van der Waals surface area contributed by atoms with Crippen LogP contribution in [-0.4, -0.2) is 17.6 Å². The molecule has 1 heterocycles. The van der Waals surface area contributed by atoms with Crippen molar-refractivity contribution in [2.45, 2.75) is 0 Å². The van der Waals surface area contributed by atoms with Crippen molar-refractivity contribution in [3.8, 4) is 11.8 Å². The van der Waals surface area contributed by atoms with Crippen LogP contribution in [0.5, 0.6) is 0 Å². The number of thiophene rings is 1. The predicted molar refractivity (Wildman–Crippen MR) is 72.6 cm³/mol. The maximum absolute atomic E-state index is 12.7. The minimum absolute atomic E-state index is 0.213. The molecule has 0 aliphatic rings. The lowest BCUT2D eigenvalue weighted by Gasteiger charge is -2.02. The average Bonchev–Trinajstić information content (AvgIpc) is 2.88. The van der Waals surface area contributed by atoms with Gasteiger partial charge in [0.05, 0.1) is 9.75 Å². The van der Waals surface area contributed by atoms with E-state index in [1.54, 1.807) is 12.1 Å². The summed E-state index contributed by atoms with van der Waals surface area (Å²) in [6.07, 6.45) is 0. The lowest BCUT2D eigenvalue weighted by molar-refractivity contribution is 0.103. The zero-order valence-electron chi connectivity index (χ0n) is 9.81.